The SMILES string of the molecule is CC(C)c1cc(C#Cc2ccc(C(=O)[O-])cc2)ccc1CBr. The van der Waals surface area contributed by atoms with Crippen molar-refractivity contribution in [1.29, 1.82) is 0 Å². The molecule has 0 radical (unpaired) electrons. The second-order valence-corrected chi connectivity index (χ2v) is 5.88. The van der Waals surface area contributed by atoms with Crippen LogP contribution in [0.4, 0.5) is 0 Å². The van der Waals surface area contributed by atoms with Crippen molar-refractivity contribution in [2.45, 2.75) is 25.1 Å². The molecule has 112 valence electrons. The smallest absolute Gasteiger partial charge is 0.0715 e. The number of carboxylic acids is 1. The van der Waals surface area contributed by atoms with E-state index in [0.29, 0.717) is 5.92 Å². The predicted octanol–water partition coefficient (Wildman–Crippen LogP) is 3.47. The van der Waals surface area contributed by atoms with Crippen molar-refractivity contribution in [3.63, 3.8) is 0 Å². The molecule has 0 spiro atoms. The zero-order chi connectivity index (χ0) is 16.1. The summed E-state index contributed by atoms with van der Waals surface area (Å²) in [5.41, 5.74) is 4.46. The Morgan fingerprint density at radius 1 is 1.09 bits per heavy atom. The van der Waals surface area contributed by atoms with Crippen LogP contribution in [0.5, 0.6) is 0 Å². The lowest BCUT2D eigenvalue weighted by Gasteiger charge is -2.11. The largest absolute Gasteiger partial charge is 0.545 e. The van der Waals surface area contributed by atoms with Crippen LogP contribution < -0.4 is 5.11 Å². The van der Waals surface area contributed by atoms with E-state index < -0.39 is 5.97 Å². The minimum atomic E-state index is -1.17. The lowest BCUT2D eigenvalue weighted by atomic mass is 9.96. The summed E-state index contributed by atoms with van der Waals surface area (Å²) < 4.78 is 0. The summed E-state index contributed by atoms with van der Waals surface area (Å²) in [6.07, 6.45) is 0. The van der Waals surface area contributed by atoms with Gasteiger partial charge in [-0.2, -0.15) is 0 Å². The lowest BCUT2D eigenvalue weighted by Crippen LogP contribution is -2.21. The molecule has 0 amide bonds. The van der Waals surface area contributed by atoms with Crippen molar-refractivity contribution in [3.8, 4) is 11.8 Å². The van der Waals surface area contributed by atoms with Crippen molar-refractivity contribution in [3.05, 3.63) is 70.3 Å². The van der Waals surface area contributed by atoms with Gasteiger partial charge in [0.25, 0.3) is 0 Å². The molecule has 0 unspecified atom stereocenters. The summed E-state index contributed by atoms with van der Waals surface area (Å²) in [7, 11) is 0. The number of carboxylic acid groups (broad SMARTS) is 1. The molecule has 0 saturated carbocycles. The molecule has 3 heteroatoms. The molecule has 0 aromatic heterocycles. The molecule has 2 rings (SSSR count). The van der Waals surface area contributed by atoms with Crippen molar-refractivity contribution in [2.24, 2.45) is 0 Å². The van der Waals surface area contributed by atoms with Gasteiger partial charge in [0.1, 0.15) is 0 Å². The van der Waals surface area contributed by atoms with E-state index in [0.717, 1.165) is 16.5 Å². The molecule has 2 aromatic rings. The average Bonchev–Trinajstić information content (AvgIpc) is 2.53. The highest BCUT2D eigenvalue weighted by Gasteiger charge is 2.06. The van der Waals surface area contributed by atoms with Gasteiger partial charge in [0, 0.05) is 16.5 Å². The zero-order valence-electron chi connectivity index (χ0n) is 12.5. The number of rotatable bonds is 3. The maximum atomic E-state index is 10.7. The van der Waals surface area contributed by atoms with Crippen LogP contribution in [0.1, 0.15) is 52.4 Å². The number of hydrogen-bond donors (Lipinski definition) is 0. The van der Waals surface area contributed by atoms with Gasteiger partial charge in [0.05, 0.1) is 5.97 Å². The van der Waals surface area contributed by atoms with E-state index in [9.17, 15) is 9.90 Å². The molecule has 0 aliphatic carbocycles. The number of carbonyl (C=O) groups is 1. The topological polar surface area (TPSA) is 40.1 Å². The molecular formula is C19H16BrO2-. The molecule has 0 fully saturated rings. The standard InChI is InChI=1S/C19H17BrO2/c1-13(2)18-11-15(7-10-17(18)12-20)4-3-14-5-8-16(9-6-14)19(21)22/h5-11,13H,12H2,1-2H3,(H,21,22)/p-1. The summed E-state index contributed by atoms with van der Waals surface area (Å²) in [5.74, 6) is 5.45. The van der Waals surface area contributed by atoms with E-state index >= 15 is 0 Å². The van der Waals surface area contributed by atoms with E-state index in [1.54, 1.807) is 12.1 Å². The van der Waals surface area contributed by atoms with Gasteiger partial charge in [-0.05, 0) is 46.9 Å². The third-order valence-electron chi connectivity index (χ3n) is 3.38. The van der Waals surface area contributed by atoms with Crippen LogP contribution in [0.2, 0.25) is 0 Å². The summed E-state index contributed by atoms with van der Waals surface area (Å²) >= 11 is 3.51. The Labute approximate surface area is 139 Å². The molecule has 0 bridgehead atoms. The molecule has 0 atom stereocenters. The highest BCUT2D eigenvalue weighted by Crippen LogP contribution is 2.22. The van der Waals surface area contributed by atoms with E-state index in [2.05, 4.69) is 53.8 Å². The molecule has 22 heavy (non-hydrogen) atoms. The third kappa shape index (κ3) is 3.99. The zero-order valence-corrected chi connectivity index (χ0v) is 14.1. The van der Waals surface area contributed by atoms with E-state index in [1.807, 2.05) is 6.07 Å². The molecule has 0 N–H and O–H groups in total. The van der Waals surface area contributed by atoms with Gasteiger partial charge in [-0.25, -0.2) is 0 Å². The fourth-order valence-corrected chi connectivity index (χ4v) is 2.68. The Hall–Kier alpha value is -2.05. The molecular weight excluding hydrogens is 340 g/mol. The normalized spacial score (nSPS) is 10.2. The molecule has 0 aliphatic heterocycles. The number of benzene rings is 2. The predicted molar refractivity (Wildman–Crippen MR) is 89.9 cm³/mol. The van der Waals surface area contributed by atoms with E-state index in [1.165, 1.54) is 23.3 Å². The van der Waals surface area contributed by atoms with Gasteiger partial charge in [0.15, 0.2) is 0 Å². The van der Waals surface area contributed by atoms with Crippen molar-refractivity contribution in [2.75, 3.05) is 0 Å². The number of hydrogen-bond acceptors (Lipinski definition) is 2. The minimum Gasteiger partial charge on any atom is -0.545 e. The maximum absolute atomic E-state index is 10.7. The molecule has 0 aliphatic rings. The Kier molecular flexibility index (Phi) is 5.41. The maximum Gasteiger partial charge on any atom is 0.0715 e. The van der Waals surface area contributed by atoms with Gasteiger partial charge >= 0.3 is 0 Å². The molecule has 0 heterocycles. The molecule has 2 nitrogen and oxygen atoms in total. The molecule has 2 aromatic carbocycles. The Morgan fingerprint density at radius 2 is 1.68 bits per heavy atom. The number of alkyl halides is 1. The van der Waals surface area contributed by atoms with Gasteiger partial charge < -0.3 is 9.90 Å². The Bertz CT molecular complexity index is 734. The van der Waals surface area contributed by atoms with Gasteiger partial charge in [0.2, 0.25) is 0 Å². The highest BCUT2D eigenvalue weighted by atomic mass is 79.9. The lowest BCUT2D eigenvalue weighted by molar-refractivity contribution is -0.255. The highest BCUT2D eigenvalue weighted by molar-refractivity contribution is 9.08. The van der Waals surface area contributed by atoms with Crippen LogP contribution in [0.3, 0.4) is 0 Å². The fraction of sp³-hybridized carbons (Fsp3) is 0.211. The fourth-order valence-electron chi connectivity index (χ4n) is 2.17. The number of aromatic carboxylic acids is 1. The average molecular weight is 356 g/mol. The quantitative estimate of drug-likeness (QED) is 0.624. The number of halogens is 1. The van der Waals surface area contributed by atoms with Crippen LogP contribution in [0.15, 0.2) is 42.5 Å². The first-order chi connectivity index (χ1) is 10.5. The van der Waals surface area contributed by atoms with Crippen LogP contribution in [-0.4, -0.2) is 5.97 Å². The van der Waals surface area contributed by atoms with Gasteiger partial charge in [-0.1, -0.05) is 59.8 Å². The summed E-state index contributed by atoms with van der Waals surface area (Å²) in [4.78, 5) is 10.7. The van der Waals surface area contributed by atoms with E-state index in [4.69, 9.17) is 0 Å². The van der Waals surface area contributed by atoms with Crippen LogP contribution >= 0.6 is 15.9 Å². The van der Waals surface area contributed by atoms with Crippen LogP contribution in [0, 0.1) is 11.8 Å². The van der Waals surface area contributed by atoms with Crippen molar-refractivity contribution in [1.82, 2.24) is 0 Å². The first-order valence-corrected chi connectivity index (χ1v) is 8.15. The monoisotopic (exact) mass is 355 g/mol. The first kappa shape index (κ1) is 16.3. The van der Waals surface area contributed by atoms with E-state index in [-0.39, 0.29) is 5.56 Å². The Morgan fingerprint density at radius 3 is 2.23 bits per heavy atom. The summed E-state index contributed by atoms with van der Waals surface area (Å²) in [5, 5.41) is 11.5. The summed E-state index contributed by atoms with van der Waals surface area (Å²) in [6, 6.07) is 12.6. The summed E-state index contributed by atoms with van der Waals surface area (Å²) in [6.45, 7) is 4.33. The number of carbonyl (C=O) groups excluding carboxylic acids is 1. The van der Waals surface area contributed by atoms with Crippen molar-refractivity contribution < 1.29 is 9.90 Å². The van der Waals surface area contributed by atoms with Crippen molar-refractivity contribution >= 4 is 21.9 Å². The minimum absolute atomic E-state index is 0.161. The second-order valence-electron chi connectivity index (χ2n) is 5.32. The molecule has 0 saturated heterocycles. The van der Waals surface area contributed by atoms with Gasteiger partial charge in [-0.15, -0.1) is 0 Å². The van der Waals surface area contributed by atoms with Crippen LogP contribution in [0.25, 0.3) is 0 Å². The Balaban J connectivity index is 2.28. The van der Waals surface area contributed by atoms with Crippen LogP contribution in [-0.2, 0) is 5.33 Å². The van der Waals surface area contributed by atoms with Gasteiger partial charge in [-0.3, -0.25) is 0 Å². The second kappa shape index (κ2) is 7.29. The third-order valence-corrected chi connectivity index (χ3v) is 3.99. The first-order valence-electron chi connectivity index (χ1n) is 7.03.